The van der Waals surface area contributed by atoms with Crippen LogP contribution in [0.15, 0.2) is 30.3 Å². The van der Waals surface area contributed by atoms with Gasteiger partial charge in [0, 0.05) is 31.2 Å². The van der Waals surface area contributed by atoms with Crippen molar-refractivity contribution < 1.29 is 9.59 Å². The number of rotatable bonds is 6. The first kappa shape index (κ1) is 20.8. The summed E-state index contributed by atoms with van der Waals surface area (Å²) in [6.07, 6.45) is 3.12. The van der Waals surface area contributed by atoms with Crippen LogP contribution in [0.1, 0.15) is 51.6 Å². The SMILES string of the molecule is CC(C)(C)NC(=O)CN1CCCN([C@H](C(=O)NC2CC2)c2ccccc2)CC1. The summed E-state index contributed by atoms with van der Waals surface area (Å²) in [4.78, 5) is 29.7. The Kier molecular flexibility index (Phi) is 6.73. The van der Waals surface area contributed by atoms with Gasteiger partial charge < -0.3 is 10.6 Å². The molecule has 1 saturated carbocycles. The molecule has 0 unspecified atom stereocenters. The van der Waals surface area contributed by atoms with Crippen LogP contribution >= 0.6 is 0 Å². The molecule has 0 radical (unpaired) electrons. The van der Waals surface area contributed by atoms with Gasteiger partial charge in [0.1, 0.15) is 6.04 Å². The molecule has 2 aliphatic rings. The Morgan fingerprint density at radius 3 is 2.43 bits per heavy atom. The number of benzene rings is 1. The van der Waals surface area contributed by atoms with Gasteiger partial charge in [-0.1, -0.05) is 30.3 Å². The Balaban J connectivity index is 1.63. The molecule has 1 aromatic carbocycles. The van der Waals surface area contributed by atoms with Gasteiger partial charge >= 0.3 is 0 Å². The van der Waals surface area contributed by atoms with E-state index in [0.717, 1.165) is 51.0 Å². The van der Waals surface area contributed by atoms with Gasteiger partial charge in [-0.2, -0.15) is 0 Å². The molecule has 1 aliphatic heterocycles. The normalized spacial score (nSPS) is 20.2. The predicted octanol–water partition coefficient (Wildman–Crippen LogP) is 1.93. The summed E-state index contributed by atoms with van der Waals surface area (Å²) in [5.74, 6) is 0.166. The lowest BCUT2D eigenvalue weighted by Gasteiger charge is -2.30. The van der Waals surface area contributed by atoms with Gasteiger partial charge in [0.25, 0.3) is 0 Å². The van der Waals surface area contributed by atoms with E-state index in [0.29, 0.717) is 12.6 Å². The molecule has 6 nitrogen and oxygen atoms in total. The molecule has 6 heteroatoms. The van der Waals surface area contributed by atoms with Crippen molar-refractivity contribution in [1.82, 2.24) is 20.4 Å². The quantitative estimate of drug-likeness (QED) is 0.784. The van der Waals surface area contributed by atoms with Gasteiger partial charge in [-0.25, -0.2) is 0 Å². The molecule has 0 spiro atoms. The number of nitrogens with zero attached hydrogens (tertiary/aromatic N) is 2. The fourth-order valence-corrected chi connectivity index (χ4v) is 3.74. The molecule has 1 aromatic rings. The highest BCUT2D eigenvalue weighted by Crippen LogP contribution is 2.26. The number of hydrogen-bond acceptors (Lipinski definition) is 4. The van der Waals surface area contributed by atoms with Crippen LogP contribution in [0.3, 0.4) is 0 Å². The molecule has 2 fully saturated rings. The van der Waals surface area contributed by atoms with Crippen LogP contribution in [-0.4, -0.2) is 65.9 Å². The molecular weight excluding hydrogens is 352 g/mol. The summed E-state index contributed by atoms with van der Waals surface area (Å²) in [5, 5.41) is 6.22. The summed E-state index contributed by atoms with van der Waals surface area (Å²) in [7, 11) is 0. The summed E-state index contributed by atoms with van der Waals surface area (Å²) in [6, 6.07) is 10.1. The van der Waals surface area contributed by atoms with Crippen LogP contribution in [0.4, 0.5) is 0 Å². The molecule has 1 atom stereocenters. The monoisotopic (exact) mass is 386 g/mol. The summed E-state index contributed by atoms with van der Waals surface area (Å²) in [5.41, 5.74) is 0.827. The van der Waals surface area contributed by atoms with Crippen molar-refractivity contribution in [1.29, 1.82) is 0 Å². The van der Waals surface area contributed by atoms with Crippen molar-refractivity contribution in [2.75, 3.05) is 32.7 Å². The van der Waals surface area contributed by atoms with Crippen LogP contribution in [0.25, 0.3) is 0 Å². The smallest absolute Gasteiger partial charge is 0.242 e. The first-order valence-electron chi connectivity index (χ1n) is 10.4. The number of carbonyl (C=O) groups excluding carboxylic acids is 2. The molecule has 0 bridgehead atoms. The van der Waals surface area contributed by atoms with Crippen LogP contribution in [0, 0.1) is 0 Å². The van der Waals surface area contributed by atoms with E-state index >= 15 is 0 Å². The summed E-state index contributed by atoms with van der Waals surface area (Å²) < 4.78 is 0. The van der Waals surface area contributed by atoms with Crippen molar-refractivity contribution in [2.24, 2.45) is 0 Å². The van der Waals surface area contributed by atoms with E-state index in [9.17, 15) is 9.59 Å². The molecule has 0 aromatic heterocycles. The Morgan fingerprint density at radius 1 is 1.07 bits per heavy atom. The zero-order valence-electron chi connectivity index (χ0n) is 17.4. The Hall–Kier alpha value is -1.92. The lowest BCUT2D eigenvalue weighted by atomic mass is 10.0. The number of hydrogen-bond donors (Lipinski definition) is 2. The van der Waals surface area contributed by atoms with Crippen LogP contribution < -0.4 is 10.6 Å². The second-order valence-corrected chi connectivity index (χ2v) is 9.06. The van der Waals surface area contributed by atoms with E-state index in [2.05, 4.69) is 20.4 Å². The maximum atomic E-state index is 13.0. The fourth-order valence-electron chi connectivity index (χ4n) is 3.74. The van der Waals surface area contributed by atoms with Gasteiger partial charge in [-0.3, -0.25) is 19.4 Å². The second-order valence-electron chi connectivity index (χ2n) is 9.06. The highest BCUT2D eigenvalue weighted by Gasteiger charge is 2.33. The molecule has 1 aliphatic carbocycles. The van der Waals surface area contributed by atoms with E-state index in [1.165, 1.54) is 0 Å². The molecule has 154 valence electrons. The van der Waals surface area contributed by atoms with Crippen molar-refractivity contribution in [2.45, 2.75) is 57.7 Å². The summed E-state index contributed by atoms with van der Waals surface area (Å²) >= 11 is 0. The van der Waals surface area contributed by atoms with Crippen molar-refractivity contribution in [3.63, 3.8) is 0 Å². The maximum absolute atomic E-state index is 13.0. The predicted molar refractivity (Wildman–Crippen MR) is 111 cm³/mol. The van der Waals surface area contributed by atoms with Gasteiger partial charge in [0.15, 0.2) is 0 Å². The van der Waals surface area contributed by atoms with E-state index < -0.39 is 0 Å². The van der Waals surface area contributed by atoms with Crippen molar-refractivity contribution in [3.05, 3.63) is 35.9 Å². The average molecular weight is 387 g/mol. The van der Waals surface area contributed by atoms with Crippen LogP contribution in [-0.2, 0) is 9.59 Å². The topological polar surface area (TPSA) is 64.7 Å². The van der Waals surface area contributed by atoms with E-state index in [1.807, 2.05) is 51.1 Å². The minimum absolute atomic E-state index is 0.0621. The molecule has 2 amide bonds. The first-order valence-corrected chi connectivity index (χ1v) is 10.4. The van der Waals surface area contributed by atoms with Crippen molar-refractivity contribution in [3.8, 4) is 0 Å². The highest BCUT2D eigenvalue weighted by atomic mass is 16.2. The maximum Gasteiger partial charge on any atom is 0.242 e. The number of nitrogens with one attached hydrogen (secondary N) is 2. The Morgan fingerprint density at radius 2 is 1.79 bits per heavy atom. The van der Waals surface area contributed by atoms with Gasteiger partial charge in [-0.15, -0.1) is 0 Å². The molecule has 28 heavy (non-hydrogen) atoms. The number of amides is 2. The average Bonchev–Trinajstić information content (AvgIpc) is 3.43. The van der Waals surface area contributed by atoms with Crippen molar-refractivity contribution >= 4 is 11.8 Å². The van der Waals surface area contributed by atoms with E-state index in [4.69, 9.17) is 0 Å². The lowest BCUT2D eigenvalue weighted by molar-refractivity contribution is -0.127. The van der Waals surface area contributed by atoms with Gasteiger partial charge in [-0.05, 0) is 52.1 Å². The Bertz CT molecular complexity index is 667. The van der Waals surface area contributed by atoms with Crippen LogP contribution in [0.5, 0.6) is 0 Å². The minimum atomic E-state index is -0.259. The molecule has 1 heterocycles. The Labute approximate surface area is 168 Å². The second kappa shape index (κ2) is 9.05. The largest absolute Gasteiger partial charge is 0.352 e. The van der Waals surface area contributed by atoms with E-state index in [-0.39, 0.29) is 23.4 Å². The third-order valence-corrected chi connectivity index (χ3v) is 5.16. The first-order chi connectivity index (χ1) is 13.3. The zero-order chi connectivity index (χ0) is 20.1. The fraction of sp³-hybridized carbons (Fsp3) is 0.636. The molecule has 1 saturated heterocycles. The summed E-state index contributed by atoms with van der Waals surface area (Å²) in [6.45, 7) is 9.70. The highest BCUT2D eigenvalue weighted by molar-refractivity contribution is 5.83. The third kappa shape index (κ3) is 6.31. The van der Waals surface area contributed by atoms with E-state index in [1.54, 1.807) is 0 Å². The van der Waals surface area contributed by atoms with Gasteiger partial charge in [0.05, 0.1) is 6.54 Å². The molecule has 3 rings (SSSR count). The van der Waals surface area contributed by atoms with Gasteiger partial charge in [0.2, 0.25) is 11.8 Å². The molecule has 2 N–H and O–H groups in total. The zero-order valence-corrected chi connectivity index (χ0v) is 17.4. The molecular formula is C22H34N4O2. The third-order valence-electron chi connectivity index (χ3n) is 5.16. The van der Waals surface area contributed by atoms with Crippen LogP contribution in [0.2, 0.25) is 0 Å². The standard InChI is InChI=1S/C22H34N4O2/c1-22(2,3)24-19(27)16-25-12-7-13-26(15-14-25)20(17-8-5-4-6-9-17)21(28)23-18-10-11-18/h4-6,8-9,18,20H,7,10-16H2,1-3H3,(H,23,28)(H,24,27)/t20-/m0/s1. The number of carbonyl (C=O) groups is 2. The lowest BCUT2D eigenvalue weighted by Crippen LogP contribution is -2.47. The minimum Gasteiger partial charge on any atom is -0.352 e.